The van der Waals surface area contributed by atoms with Gasteiger partial charge in [0.05, 0.1) is 0 Å². The standard InChI is InChI=1S/C13H15NO13S/c1-6(15)24-26-28(21,22)27-25-10(17)5-23-13(20)8(14)4-7-2-3-9(16)12(19)11(7)18/h2-3,8,16,18-19H,4-5,14H2,1H3. The summed E-state index contributed by atoms with van der Waals surface area (Å²) in [4.78, 5) is 40.8. The maximum atomic E-state index is 11.7. The van der Waals surface area contributed by atoms with Crippen LogP contribution in [0, 0.1) is 0 Å². The molecule has 1 rings (SSSR count). The zero-order chi connectivity index (χ0) is 21.5. The minimum Gasteiger partial charge on any atom is -0.504 e. The van der Waals surface area contributed by atoms with E-state index in [4.69, 9.17) is 5.73 Å². The molecule has 0 saturated heterocycles. The second kappa shape index (κ2) is 9.70. The number of carbonyl (C=O) groups excluding carboxylic acids is 3. The van der Waals surface area contributed by atoms with Gasteiger partial charge in [0, 0.05) is 18.9 Å². The Morgan fingerprint density at radius 1 is 1.07 bits per heavy atom. The van der Waals surface area contributed by atoms with Crippen molar-refractivity contribution in [1.29, 1.82) is 0 Å². The van der Waals surface area contributed by atoms with Crippen LogP contribution >= 0.6 is 0 Å². The van der Waals surface area contributed by atoms with E-state index < -0.39 is 58.2 Å². The molecule has 0 aliphatic rings. The Hall–Kier alpha value is -3.14. The predicted molar refractivity (Wildman–Crippen MR) is 83.0 cm³/mol. The van der Waals surface area contributed by atoms with Gasteiger partial charge in [0.1, 0.15) is 6.04 Å². The first-order valence-electron chi connectivity index (χ1n) is 7.08. The van der Waals surface area contributed by atoms with Crippen molar-refractivity contribution in [2.75, 3.05) is 6.61 Å². The Kier molecular flexibility index (Phi) is 7.93. The average molecular weight is 425 g/mol. The van der Waals surface area contributed by atoms with E-state index in [0.29, 0.717) is 0 Å². The van der Waals surface area contributed by atoms with Gasteiger partial charge < -0.3 is 25.8 Å². The normalized spacial score (nSPS) is 12.1. The van der Waals surface area contributed by atoms with Crippen LogP contribution in [0.25, 0.3) is 0 Å². The van der Waals surface area contributed by atoms with Gasteiger partial charge in [-0.25, -0.2) is 9.59 Å². The number of ether oxygens (including phenoxy) is 1. The average Bonchev–Trinajstić information content (AvgIpc) is 2.63. The smallest absolute Gasteiger partial charge is 0.471 e. The van der Waals surface area contributed by atoms with E-state index in [1.807, 2.05) is 0 Å². The van der Waals surface area contributed by atoms with Gasteiger partial charge >= 0.3 is 28.3 Å². The van der Waals surface area contributed by atoms with Crippen LogP contribution in [0.1, 0.15) is 12.5 Å². The molecule has 1 atom stereocenters. The lowest BCUT2D eigenvalue weighted by atomic mass is 10.0. The SMILES string of the molecule is CC(=O)OOS(=O)(=O)OOC(=O)COC(=O)C(N)Cc1ccc(O)c(O)c1O. The molecule has 156 valence electrons. The summed E-state index contributed by atoms with van der Waals surface area (Å²) in [5.74, 6) is -5.86. The second-order valence-electron chi connectivity index (χ2n) is 4.93. The van der Waals surface area contributed by atoms with Crippen LogP contribution in [0.2, 0.25) is 0 Å². The molecule has 0 aliphatic carbocycles. The van der Waals surface area contributed by atoms with Crippen LogP contribution in [0.3, 0.4) is 0 Å². The topological polar surface area (TPSA) is 218 Å². The summed E-state index contributed by atoms with van der Waals surface area (Å²) in [5, 5.41) is 28.2. The molecule has 15 heteroatoms. The molecule has 14 nitrogen and oxygen atoms in total. The summed E-state index contributed by atoms with van der Waals surface area (Å²) in [6, 6.07) is 0.836. The number of nitrogens with two attached hydrogens (primary N) is 1. The number of rotatable bonds is 9. The van der Waals surface area contributed by atoms with Crippen molar-refractivity contribution in [3.8, 4) is 17.2 Å². The van der Waals surface area contributed by atoms with Crippen molar-refractivity contribution >= 4 is 28.3 Å². The molecule has 5 N–H and O–H groups in total. The number of phenolic OH excluding ortho intramolecular Hbond substituents is 3. The van der Waals surface area contributed by atoms with E-state index >= 15 is 0 Å². The summed E-state index contributed by atoms with van der Waals surface area (Å²) in [6.45, 7) is -0.286. The van der Waals surface area contributed by atoms with Crippen LogP contribution < -0.4 is 5.73 Å². The summed E-state index contributed by atoms with van der Waals surface area (Å²) in [5.41, 5.74) is 5.53. The number of hydrogen-bond donors (Lipinski definition) is 4. The molecule has 0 radical (unpaired) electrons. The predicted octanol–water partition coefficient (Wildman–Crippen LogP) is -1.57. The highest BCUT2D eigenvalue weighted by Crippen LogP contribution is 2.37. The van der Waals surface area contributed by atoms with Gasteiger partial charge in [0.2, 0.25) is 5.75 Å². The fraction of sp³-hybridized carbons (Fsp3) is 0.308. The minimum atomic E-state index is -5.00. The van der Waals surface area contributed by atoms with Crippen molar-refractivity contribution < 1.29 is 61.3 Å². The summed E-state index contributed by atoms with van der Waals surface area (Å²) in [6.07, 6.45) is -0.339. The Labute approximate surface area is 157 Å². The molecular formula is C13H15NO13S. The van der Waals surface area contributed by atoms with Gasteiger partial charge in [-0.3, -0.25) is 14.6 Å². The molecule has 0 saturated carbocycles. The van der Waals surface area contributed by atoms with E-state index in [9.17, 15) is 38.1 Å². The molecule has 0 bridgehead atoms. The van der Waals surface area contributed by atoms with Crippen molar-refractivity contribution in [1.82, 2.24) is 0 Å². The van der Waals surface area contributed by atoms with Crippen LogP contribution in [-0.2, 0) is 54.4 Å². The number of benzene rings is 1. The van der Waals surface area contributed by atoms with E-state index in [0.717, 1.165) is 13.0 Å². The number of esters is 1. The van der Waals surface area contributed by atoms with E-state index in [-0.39, 0.29) is 12.0 Å². The maximum absolute atomic E-state index is 11.7. The summed E-state index contributed by atoms with van der Waals surface area (Å²) >= 11 is 0. The number of phenols is 3. The zero-order valence-corrected chi connectivity index (χ0v) is 14.9. The van der Waals surface area contributed by atoms with E-state index in [1.54, 1.807) is 0 Å². The molecule has 1 aromatic carbocycles. The zero-order valence-electron chi connectivity index (χ0n) is 14.1. The van der Waals surface area contributed by atoms with Gasteiger partial charge in [-0.15, -0.1) is 0 Å². The molecule has 0 spiro atoms. The van der Waals surface area contributed by atoms with Gasteiger partial charge in [0.15, 0.2) is 18.1 Å². The quantitative estimate of drug-likeness (QED) is 0.152. The molecule has 0 aromatic heterocycles. The first-order valence-corrected chi connectivity index (χ1v) is 8.42. The summed E-state index contributed by atoms with van der Waals surface area (Å²) in [7, 11) is -5.00. The molecule has 1 unspecified atom stereocenters. The van der Waals surface area contributed by atoms with Crippen molar-refractivity contribution in [3.63, 3.8) is 0 Å². The third-order valence-electron chi connectivity index (χ3n) is 2.73. The highest BCUT2D eigenvalue weighted by molar-refractivity contribution is 7.81. The molecule has 0 fully saturated rings. The van der Waals surface area contributed by atoms with Crippen molar-refractivity contribution in [2.24, 2.45) is 5.73 Å². The van der Waals surface area contributed by atoms with Crippen LogP contribution in [0.4, 0.5) is 0 Å². The third-order valence-corrected chi connectivity index (χ3v) is 3.20. The lowest BCUT2D eigenvalue weighted by Gasteiger charge is -2.13. The second-order valence-corrected chi connectivity index (χ2v) is 6.02. The lowest BCUT2D eigenvalue weighted by molar-refractivity contribution is -0.246. The van der Waals surface area contributed by atoms with Gasteiger partial charge in [-0.1, -0.05) is 6.07 Å². The van der Waals surface area contributed by atoms with Gasteiger partial charge in [-0.2, -0.15) is 8.42 Å². The first kappa shape index (κ1) is 22.9. The fourth-order valence-electron chi connectivity index (χ4n) is 1.54. The largest absolute Gasteiger partial charge is 0.504 e. The van der Waals surface area contributed by atoms with Gasteiger partial charge in [-0.05, 0) is 14.7 Å². The first-order chi connectivity index (χ1) is 12.9. The molecule has 28 heavy (non-hydrogen) atoms. The Bertz CT molecular complexity index is 850. The summed E-state index contributed by atoms with van der Waals surface area (Å²) < 4.78 is 33.6. The number of carbonyl (C=O) groups is 3. The molecular weight excluding hydrogens is 410 g/mol. The lowest BCUT2D eigenvalue weighted by Crippen LogP contribution is -2.35. The van der Waals surface area contributed by atoms with Crippen LogP contribution in [0.5, 0.6) is 17.2 Å². The molecule has 1 aromatic rings. The Morgan fingerprint density at radius 3 is 2.29 bits per heavy atom. The minimum absolute atomic E-state index is 0.000580. The monoisotopic (exact) mass is 425 g/mol. The van der Waals surface area contributed by atoms with Crippen molar-refractivity contribution in [3.05, 3.63) is 17.7 Å². The molecule has 0 heterocycles. The molecule has 0 aliphatic heterocycles. The van der Waals surface area contributed by atoms with E-state index in [2.05, 4.69) is 23.2 Å². The van der Waals surface area contributed by atoms with Gasteiger partial charge in [0.25, 0.3) is 0 Å². The highest BCUT2D eigenvalue weighted by atomic mass is 32.3. The van der Waals surface area contributed by atoms with E-state index in [1.165, 1.54) is 6.07 Å². The van der Waals surface area contributed by atoms with Crippen LogP contribution in [-0.4, -0.2) is 54.3 Å². The number of aromatic hydroxyl groups is 3. The number of hydrogen-bond acceptors (Lipinski definition) is 14. The Balaban J connectivity index is 2.47. The third kappa shape index (κ3) is 7.23. The molecule has 0 amide bonds. The fourth-order valence-corrected chi connectivity index (χ4v) is 1.90. The van der Waals surface area contributed by atoms with Crippen molar-refractivity contribution in [2.45, 2.75) is 19.4 Å². The van der Waals surface area contributed by atoms with Crippen LogP contribution in [0.15, 0.2) is 12.1 Å². The highest BCUT2D eigenvalue weighted by Gasteiger charge is 2.23. The Morgan fingerprint density at radius 2 is 1.68 bits per heavy atom. The maximum Gasteiger partial charge on any atom is 0.471 e.